The van der Waals surface area contributed by atoms with E-state index in [-0.39, 0.29) is 12.5 Å². The van der Waals surface area contributed by atoms with Gasteiger partial charge < -0.3 is 30.1 Å². The number of amides is 3. The molecule has 1 saturated carbocycles. The van der Waals surface area contributed by atoms with E-state index < -0.39 is 59.8 Å². The van der Waals surface area contributed by atoms with Crippen LogP contribution in [-0.4, -0.2) is 69.8 Å². The average Bonchev–Trinajstić information content (AvgIpc) is 2.89. The van der Waals surface area contributed by atoms with Crippen LogP contribution >= 0.6 is 0 Å². The minimum Gasteiger partial charge on any atom is -0.458 e. The summed E-state index contributed by atoms with van der Waals surface area (Å²) in [4.78, 5) is 55.8. The molecule has 10 nitrogen and oxygen atoms in total. The first-order valence-electron chi connectivity index (χ1n) is 15.1. The largest absolute Gasteiger partial charge is 0.458 e. The molecule has 1 aliphatic carbocycles. The zero-order chi connectivity index (χ0) is 32.7. The van der Waals surface area contributed by atoms with Crippen LogP contribution in [0.2, 0.25) is 0 Å². The Labute approximate surface area is 260 Å². The van der Waals surface area contributed by atoms with Crippen LogP contribution in [0.15, 0.2) is 54.6 Å². The lowest BCUT2D eigenvalue weighted by Gasteiger charge is -2.43. The van der Waals surface area contributed by atoms with E-state index in [1.165, 1.54) is 4.90 Å². The number of nitrogens with zero attached hydrogens (tertiary/aromatic N) is 1. The third-order valence-electron chi connectivity index (χ3n) is 7.10. The fourth-order valence-electron chi connectivity index (χ4n) is 4.85. The van der Waals surface area contributed by atoms with Gasteiger partial charge in [-0.3, -0.25) is 9.59 Å². The van der Waals surface area contributed by atoms with E-state index in [0.29, 0.717) is 18.4 Å². The van der Waals surface area contributed by atoms with Gasteiger partial charge in [-0.25, -0.2) is 9.59 Å². The molecule has 0 saturated heterocycles. The average molecular weight is 610 g/mol. The van der Waals surface area contributed by atoms with Crippen LogP contribution < -0.4 is 10.6 Å². The maximum Gasteiger partial charge on any atom is 0.408 e. The quantitative estimate of drug-likeness (QED) is 0.322. The molecule has 3 unspecified atom stereocenters. The normalized spacial score (nSPS) is 15.6. The van der Waals surface area contributed by atoms with Crippen molar-refractivity contribution in [2.75, 3.05) is 6.61 Å². The van der Waals surface area contributed by atoms with Gasteiger partial charge in [-0.2, -0.15) is 0 Å². The molecular formula is C34H47N3O7. The number of aryl methyl sites for hydroxylation is 1. The minimum absolute atomic E-state index is 0.180. The molecule has 0 heterocycles. The highest BCUT2D eigenvalue weighted by Crippen LogP contribution is 2.34. The maximum atomic E-state index is 14.3. The first-order chi connectivity index (χ1) is 20.6. The Morgan fingerprint density at radius 3 is 1.95 bits per heavy atom. The van der Waals surface area contributed by atoms with Gasteiger partial charge in [0.25, 0.3) is 0 Å². The van der Waals surface area contributed by atoms with Crippen LogP contribution in [-0.2, 0) is 30.3 Å². The summed E-state index contributed by atoms with van der Waals surface area (Å²) >= 11 is 0. The molecule has 0 aliphatic heterocycles. The lowest BCUT2D eigenvalue weighted by molar-refractivity contribution is -0.159. The van der Waals surface area contributed by atoms with E-state index in [1.54, 1.807) is 53.7 Å². The molecule has 240 valence electrons. The lowest BCUT2D eigenvalue weighted by Crippen LogP contribution is -2.59. The van der Waals surface area contributed by atoms with Crippen LogP contribution in [0.25, 0.3) is 0 Å². The molecule has 2 aromatic carbocycles. The van der Waals surface area contributed by atoms with Gasteiger partial charge in [0, 0.05) is 12.5 Å². The van der Waals surface area contributed by atoms with Crippen molar-refractivity contribution in [2.24, 2.45) is 0 Å². The maximum absolute atomic E-state index is 14.3. The van der Waals surface area contributed by atoms with Crippen LogP contribution in [0, 0.1) is 6.92 Å². The van der Waals surface area contributed by atoms with E-state index in [0.717, 1.165) is 17.5 Å². The van der Waals surface area contributed by atoms with Gasteiger partial charge >= 0.3 is 12.1 Å². The standard InChI is InChI=1S/C34H47N3O7/c1-22-16-18-24(19-17-22)28(29(39)35-26(31(41)43-33(2,3)4)20-23-12-9-8-10-13-23)37(25-14-11-15-25)30(40)27(21-38)36-32(42)44-34(5,6)7/h8-10,12-13,16-19,25-28,38H,11,14-15,20-21H2,1-7H3,(H,35,39)(H,36,42). The minimum atomic E-state index is -1.35. The number of aliphatic hydroxyl groups excluding tert-OH is 1. The smallest absolute Gasteiger partial charge is 0.408 e. The Balaban J connectivity index is 2.01. The molecule has 3 rings (SSSR count). The molecular weight excluding hydrogens is 562 g/mol. The molecule has 0 radical (unpaired) electrons. The summed E-state index contributed by atoms with van der Waals surface area (Å²) in [6.45, 7) is 11.6. The number of carbonyl (C=O) groups excluding carboxylic acids is 4. The molecule has 10 heteroatoms. The van der Waals surface area contributed by atoms with Crippen molar-refractivity contribution in [1.29, 1.82) is 0 Å². The number of ether oxygens (including phenoxy) is 2. The Bertz CT molecular complexity index is 1280. The SMILES string of the molecule is Cc1ccc(C(C(=O)NC(Cc2ccccc2)C(=O)OC(C)(C)C)N(C(=O)C(CO)NC(=O)OC(C)(C)C)C2CCC2)cc1. The summed E-state index contributed by atoms with van der Waals surface area (Å²) in [6.07, 6.45) is 1.47. The number of rotatable bonds is 11. The molecule has 1 fully saturated rings. The second kappa shape index (κ2) is 14.7. The summed E-state index contributed by atoms with van der Waals surface area (Å²) in [6, 6.07) is 12.7. The molecule has 0 bridgehead atoms. The Morgan fingerprint density at radius 1 is 0.864 bits per heavy atom. The van der Waals surface area contributed by atoms with Crippen molar-refractivity contribution < 1.29 is 33.8 Å². The number of hydrogen-bond acceptors (Lipinski definition) is 7. The van der Waals surface area contributed by atoms with Gasteiger partial charge in [0.1, 0.15) is 29.3 Å². The lowest BCUT2D eigenvalue weighted by atomic mass is 9.88. The molecule has 2 aromatic rings. The van der Waals surface area contributed by atoms with E-state index >= 15 is 0 Å². The third-order valence-corrected chi connectivity index (χ3v) is 7.10. The molecule has 3 amide bonds. The second-order valence-corrected chi connectivity index (χ2v) is 13.3. The topological polar surface area (TPSA) is 134 Å². The van der Waals surface area contributed by atoms with Gasteiger partial charge in [-0.15, -0.1) is 0 Å². The first kappa shape index (κ1) is 34.6. The highest BCUT2D eigenvalue weighted by molar-refractivity contribution is 5.94. The number of hydrogen-bond donors (Lipinski definition) is 3. The Kier molecular flexibility index (Phi) is 11.6. The molecule has 3 atom stereocenters. The second-order valence-electron chi connectivity index (χ2n) is 13.3. The van der Waals surface area contributed by atoms with Crippen LogP contribution in [0.3, 0.4) is 0 Å². The van der Waals surface area contributed by atoms with E-state index in [1.807, 2.05) is 49.4 Å². The monoisotopic (exact) mass is 609 g/mol. The number of alkyl carbamates (subject to hydrolysis) is 1. The van der Waals surface area contributed by atoms with Gasteiger partial charge in [0.15, 0.2) is 0 Å². The van der Waals surface area contributed by atoms with Crippen molar-refractivity contribution in [3.63, 3.8) is 0 Å². The molecule has 44 heavy (non-hydrogen) atoms. The summed E-state index contributed by atoms with van der Waals surface area (Å²) in [7, 11) is 0. The van der Waals surface area contributed by atoms with E-state index in [2.05, 4.69) is 10.6 Å². The van der Waals surface area contributed by atoms with Crippen molar-refractivity contribution in [2.45, 2.75) is 110 Å². The first-order valence-corrected chi connectivity index (χ1v) is 15.1. The van der Waals surface area contributed by atoms with Gasteiger partial charge in [-0.05, 0) is 78.9 Å². The summed E-state index contributed by atoms with van der Waals surface area (Å²) in [5.74, 6) is -1.80. The van der Waals surface area contributed by atoms with Gasteiger partial charge in [0.05, 0.1) is 6.61 Å². The Hall–Kier alpha value is -3.92. The number of carbonyl (C=O) groups is 4. The summed E-state index contributed by atoms with van der Waals surface area (Å²) < 4.78 is 11.0. The van der Waals surface area contributed by atoms with E-state index in [9.17, 15) is 24.3 Å². The molecule has 0 aromatic heterocycles. The molecule has 3 N–H and O–H groups in total. The van der Waals surface area contributed by atoms with Crippen LogP contribution in [0.1, 0.15) is 83.5 Å². The fourth-order valence-corrected chi connectivity index (χ4v) is 4.85. The number of nitrogens with one attached hydrogen (secondary N) is 2. The fraction of sp³-hybridized carbons (Fsp3) is 0.529. The highest BCUT2D eigenvalue weighted by Gasteiger charge is 2.43. The van der Waals surface area contributed by atoms with Crippen molar-refractivity contribution >= 4 is 23.9 Å². The predicted octanol–water partition coefficient (Wildman–Crippen LogP) is 4.37. The van der Waals surface area contributed by atoms with Gasteiger partial charge in [-0.1, -0.05) is 60.2 Å². The number of aliphatic hydroxyl groups is 1. The molecule has 1 aliphatic rings. The summed E-state index contributed by atoms with van der Waals surface area (Å²) in [5.41, 5.74) is 0.711. The number of esters is 1. The van der Waals surface area contributed by atoms with Crippen molar-refractivity contribution in [3.05, 3.63) is 71.3 Å². The molecule has 0 spiro atoms. The third kappa shape index (κ3) is 10.1. The van der Waals surface area contributed by atoms with Crippen LogP contribution in [0.4, 0.5) is 4.79 Å². The van der Waals surface area contributed by atoms with Crippen molar-refractivity contribution in [3.8, 4) is 0 Å². The Morgan fingerprint density at radius 2 is 1.45 bits per heavy atom. The van der Waals surface area contributed by atoms with Gasteiger partial charge in [0.2, 0.25) is 11.8 Å². The zero-order valence-electron chi connectivity index (χ0n) is 26.9. The van der Waals surface area contributed by atoms with E-state index in [4.69, 9.17) is 9.47 Å². The summed E-state index contributed by atoms with van der Waals surface area (Å²) in [5, 5.41) is 15.6. The highest BCUT2D eigenvalue weighted by atomic mass is 16.6. The predicted molar refractivity (Wildman–Crippen MR) is 167 cm³/mol. The van der Waals surface area contributed by atoms with Crippen molar-refractivity contribution in [1.82, 2.24) is 15.5 Å². The number of benzene rings is 2. The van der Waals surface area contributed by atoms with Crippen LogP contribution in [0.5, 0.6) is 0 Å². The zero-order valence-corrected chi connectivity index (χ0v) is 26.9.